The molecule has 7 heteroatoms. The summed E-state index contributed by atoms with van der Waals surface area (Å²) in [5, 5.41) is 0. The number of carbonyl (C=O) groups excluding carboxylic acids is 2. The summed E-state index contributed by atoms with van der Waals surface area (Å²) >= 11 is 4.37. The number of furan rings is 1. The average Bonchev–Trinajstić information content (AvgIpc) is 3.16. The maximum atomic E-state index is 13.0. The first kappa shape index (κ1) is 18.5. The van der Waals surface area contributed by atoms with Gasteiger partial charge in [-0.05, 0) is 49.1 Å². The summed E-state index contributed by atoms with van der Waals surface area (Å²) in [7, 11) is 0. The largest absolute Gasteiger partial charge is 0.459 e. The fraction of sp³-hybridized carbons (Fsp3) is 0.368. The second-order valence-corrected chi connectivity index (χ2v) is 6.86. The van der Waals surface area contributed by atoms with E-state index in [0.29, 0.717) is 24.5 Å². The molecule has 0 saturated heterocycles. The lowest BCUT2D eigenvalue weighted by molar-refractivity contribution is -0.117. The highest BCUT2D eigenvalue weighted by Crippen LogP contribution is 2.38. The minimum Gasteiger partial charge on any atom is -0.459 e. The minimum absolute atomic E-state index is 0.0545. The Labute approximate surface area is 158 Å². The van der Waals surface area contributed by atoms with Gasteiger partial charge < -0.3 is 20.0 Å². The Morgan fingerprint density at radius 2 is 2.12 bits per heavy atom. The molecule has 138 valence electrons. The summed E-state index contributed by atoms with van der Waals surface area (Å²) in [5.41, 5.74) is 8.26. The van der Waals surface area contributed by atoms with Crippen LogP contribution in [0.3, 0.4) is 0 Å². The Balaban J connectivity index is 2.11. The Hall–Kier alpha value is -2.25. The Bertz CT molecular complexity index is 802. The zero-order valence-electron chi connectivity index (χ0n) is 14.9. The van der Waals surface area contributed by atoms with Crippen LogP contribution in [0.25, 0.3) is 0 Å². The molecule has 0 saturated carbocycles. The molecule has 26 heavy (non-hydrogen) atoms. The van der Waals surface area contributed by atoms with Crippen molar-refractivity contribution in [3.05, 3.63) is 47.9 Å². The smallest absolute Gasteiger partial charge is 0.294 e. The molecule has 2 N–H and O–H groups in total. The number of nitrogens with two attached hydrogens (primary N) is 1. The van der Waals surface area contributed by atoms with Crippen molar-refractivity contribution in [2.45, 2.75) is 25.8 Å². The van der Waals surface area contributed by atoms with Crippen LogP contribution < -0.4 is 15.5 Å². The van der Waals surface area contributed by atoms with Gasteiger partial charge in [0, 0.05) is 19.4 Å². The van der Waals surface area contributed by atoms with E-state index in [-0.39, 0.29) is 29.5 Å². The number of amides is 2. The third kappa shape index (κ3) is 3.24. The van der Waals surface area contributed by atoms with Crippen LogP contribution in [-0.4, -0.2) is 36.7 Å². The van der Waals surface area contributed by atoms with E-state index < -0.39 is 0 Å². The number of anilines is 2. The second-order valence-electron chi connectivity index (χ2n) is 6.49. The van der Waals surface area contributed by atoms with Crippen molar-refractivity contribution >= 4 is 35.8 Å². The molecule has 0 fully saturated rings. The van der Waals surface area contributed by atoms with Gasteiger partial charge in [0.1, 0.15) is 0 Å². The highest BCUT2D eigenvalue weighted by molar-refractivity contribution is 7.80. The van der Waals surface area contributed by atoms with Crippen LogP contribution in [0.4, 0.5) is 11.4 Å². The second kappa shape index (κ2) is 7.55. The minimum atomic E-state index is -0.223. The van der Waals surface area contributed by atoms with Gasteiger partial charge in [-0.3, -0.25) is 9.59 Å². The molecule has 0 radical (unpaired) electrons. The summed E-state index contributed by atoms with van der Waals surface area (Å²) in [6.07, 6.45) is 1.48. The maximum Gasteiger partial charge on any atom is 0.294 e. The molecule has 1 unspecified atom stereocenters. The van der Waals surface area contributed by atoms with Gasteiger partial charge in [0.25, 0.3) is 5.91 Å². The van der Waals surface area contributed by atoms with Gasteiger partial charge in [0.2, 0.25) is 5.91 Å². The van der Waals surface area contributed by atoms with Gasteiger partial charge in [0.05, 0.1) is 23.7 Å². The zero-order valence-corrected chi connectivity index (χ0v) is 15.8. The van der Waals surface area contributed by atoms with Crippen LogP contribution in [-0.2, 0) is 4.79 Å². The lowest BCUT2D eigenvalue weighted by Crippen LogP contribution is -2.51. The fourth-order valence-corrected chi connectivity index (χ4v) is 3.78. The zero-order chi connectivity index (χ0) is 18.8. The first-order valence-corrected chi connectivity index (χ1v) is 9.21. The van der Waals surface area contributed by atoms with E-state index in [1.807, 2.05) is 25.1 Å². The first-order chi connectivity index (χ1) is 12.5. The van der Waals surface area contributed by atoms with Gasteiger partial charge in [-0.1, -0.05) is 6.07 Å². The molecule has 2 heterocycles. The van der Waals surface area contributed by atoms with Gasteiger partial charge in [-0.2, -0.15) is 12.6 Å². The summed E-state index contributed by atoms with van der Waals surface area (Å²) in [6.45, 7) is 4.32. The normalized spacial score (nSPS) is 17.8. The molecule has 2 amide bonds. The number of benzene rings is 1. The molecule has 1 aliphatic heterocycles. The van der Waals surface area contributed by atoms with Crippen LogP contribution in [0.5, 0.6) is 0 Å². The van der Waals surface area contributed by atoms with Gasteiger partial charge >= 0.3 is 0 Å². The summed E-state index contributed by atoms with van der Waals surface area (Å²) in [5.74, 6) is 0.678. The standard InChI is InChI=1S/C19H23N3O3S/c1-12-10-21(19(24)18-4-3-7-25-18)17-8-14(15(9-20)11-26)5-6-16(17)22(12)13(2)23/h3-8,12,15,26H,9-11,20H2,1-2H3/t12-,15?/m0/s1. The van der Waals surface area contributed by atoms with E-state index in [2.05, 4.69) is 12.6 Å². The van der Waals surface area contributed by atoms with E-state index in [1.54, 1.807) is 21.9 Å². The number of fused-ring (bicyclic) bond motifs is 1. The third-order valence-corrected chi connectivity index (χ3v) is 5.17. The Morgan fingerprint density at radius 1 is 1.35 bits per heavy atom. The predicted molar refractivity (Wildman–Crippen MR) is 105 cm³/mol. The van der Waals surface area contributed by atoms with E-state index >= 15 is 0 Å². The van der Waals surface area contributed by atoms with E-state index in [4.69, 9.17) is 10.2 Å². The SMILES string of the molecule is CC(=O)N1c2ccc(C(CN)CS)cc2N(C(=O)c2ccco2)C[C@@H]1C. The number of thiol groups is 1. The summed E-state index contributed by atoms with van der Waals surface area (Å²) in [4.78, 5) is 28.5. The van der Waals surface area contributed by atoms with Crippen LogP contribution in [0, 0.1) is 0 Å². The van der Waals surface area contributed by atoms with Crippen molar-refractivity contribution in [2.75, 3.05) is 28.6 Å². The topological polar surface area (TPSA) is 79.8 Å². The van der Waals surface area contributed by atoms with Crippen molar-refractivity contribution in [2.24, 2.45) is 5.73 Å². The lowest BCUT2D eigenvalue weighted by Gasteiger charge is -2.41. The highest BCUT2D eigenvalue weighted by atomic mass is 32.1. The molecular formula is C19H23N3O3S. The molecule has 1 aromatic heterocycles. The quantitative estimate of drug-likeness (QED) is 0.808. The van der Waals surface area contributed by atoms with Gasteiger partial charge in [-0.15, -0.1) is 0 Å². The molecule has 2 aromatic rings. The molecule has 3 rings (SSSR count). The number of carbonyl (C=O) groups is 2. The Kier molecular flexibility index (Phi) is 5.38. The molecule has 0 aliphatic carbocycles. The van der Waals surface area contributed by atoms with E-state index in [1.165, 1.54) is 13.2 Å². The summed E-state index contributed by atoms with van der Waals surface area (Å²) < 4.78 is 5.29. The van der Waals surface area contributed by atoms with Gasteiger partial charge in [-0.25, -0.2) is 0 Å². The van der Waals surface area contributed by atoms with Crippen molar-refractivity contribution in [3.63, 3.8) is 0 Å². The number of hydrogen-bond donors (Lipinski definition) is 2. The van der Waals surface area contributed by atoms with E-state index in [0.717, 1.165) is 11.3 Å². The number of hydrogen-bond acceptors (Lipinski definition) is 5. The van der Waals surface area contributed by atoms with Crippen LogP contribution in [0.2, 0.25) is 0 Å². The number of rotatable bonds is 4. The fourth-order valence-electron chi connectivity index (χ4n) is 3.42. The highest BCUT2D eigenvalue weighted by Gasteiger charge is 2.35. The van der Waals surface area contributed by atoms with Crippen LogP contribution >= 0.6 is 12.6 Å². The molecule has 6 nitrogen and oxygen atoms in total. The molecule has 1 aromatic carbocycles. The van der Waals surface area contributed by atoms with Crippen molar-refractivity contribution in [3.8, 4) is 0 Å². The Morgan fingerprint density at radius 3 is 2.69 bits per heavy atom. The van der Waals surface area contributed by atoms with E-state index in [9.17, 15) is 9.59 Å². The van der Waals surface area contributed by atoms with Crippen LogP contribution in [0.1, 0.15) is 35.9 Å². The number of nitrogens with zero attached hydrogens (tertiary/aromatic N) is 2. The van der Waals surface area contributed by atoms with Gasteiger partial charge in [0.15, 0.2) is 5.76 Å². The summed E-state index contributed by atoms with van der Waals surface area (Å²) in [6, 6.07) is 8.97. The lowest BCUT2D eigenvalue weighted by atomic mass is 9.97. The molecule has 1 aliphatic rings. The third-order valence-electron chi connectivity index (χ3n) is 4.73. The monoisotopic (exact) mass is 373 g/mol. The molecular weight excluding hydrogens is 350 g/mol. The van der Waals surface area contributed by atoms with Crippen molar-refractivity contribution in [1.82, 2.24) is 0 Å². The average molecular weight is 373 g/mol. The molecule has 0 bridgehead atoms. The first-order valence-electron chi connectivity index (χ1n) is 8.58. The molecule has 2 atom stereocenters. The predicted octanol–water partition coefficient (Wildman–Crippen LogP) is 2.65. The van der Waals surface area contributed by atoms with Crippen molar-refractivity contribution < 1.29 is 14.0 Å². The van der Waals surface area contributed by atoms with Crippen molar-refractivity contribution in [1.29, 1.82) is 0 Å². The molecule has 0 spiro atoms. The van der Waals surface area contributed by atoms with Crippen LogP contribution in [0.15, 0.2) is 41.0 Å². The maximum absolute atomic E-state index is 13.0.